The van der Waals surface area contributed by atoms with E-state index in [-0.39, 0.29) is 24.5 Å². The van der Waals surface area contributed by atoms with Gasteiger partial charge in [-0.25, -0.2) is 0 Å². The molecule has 0 aromatic carbocycles. The number of nitrogens with one attached hydrogen (secondary N) is 1. The first-order chi connectivity index (χ1) is 9.96. The van der Waals surface area contributed by atoms with E-state index < -0.39 is 10.2 Å². The zero-order valence-electron chi connectivity index (χ0n) is 12.7. The van der Waals surface area contributed by atoms with Gasteiger partial charge in [-0.05, 0) is 26.7 Å². The van der Waals surface area contributed by atoms with Crippen LogP contribution in [0.25, 0.3) is 0 Å². The summed E-state index contributed by atoms with van der Waals surface area (Å²) in [5, 5.41) is 3.18. The molecule has 7 nitrogen and oxygen atoms in total. The molecule has 2 atom stereocenters. The highest BCUT2D eigenvalue weighted by atomic mass is 32.2. The molecule has 2 heterocycles. The number of piperidine rings is 1. The molecule has 0 bridgehead atoms. The summed E-state index contributed by atoms with van der Waals surface area (Å²) in [4.78, 5) is 11.8. The first-order valence-electron chi connectivity index (χ1n) is 7.61. The van der Waals surface area contributed by atoms with Gasteiger partial charge >= 0.3 is 5.97 Å². The molecule has 0 saturated carbocycles. The molecule has 0 spiro atoms. The summed E-state index contributed by atoms with van der Waals surface area (Å²) in [6, 6.07) is -0.0632. The molecular weight excluding hydrogens is 294 g/mol. The van der Waals surface area contributed by atoms with E-state index in [0.717, 1.165) is 0 Å². The van der Waals surface area contributed by atoms with Crippen molar-refractivity contribution < 1.29 is 17.9 Å². The van der Waals surface area contributed by atoms with Crippen LogP contribution in [0.2, 0.25) is 0 Å². The van der Waals surface area contributed by atoms with E-state index in [2.05, 4.69) is 5.32 Å². The van der Waals surface area contributed by atoms with Crippen LogP contribution >= 0.6 is 0 Å². The number of carbonyl (C=O) groups excluding carboxylic acids is 1. The van der Waals surface area contributed by atoms with E-state index in [4.69, 9.17) is 4.74 Å². The molecule has 1 N–H and O–H groups in total. The van der Waals surface area contributed by atoms with Crippen molar-refractivity contribution in [1.82, 2.24) is 13.9 Å². The van der Waals surface area contributed by atoms with Gasteiger partial charge in [0, 0.05) is 38.8 Å². The predicted molar refractivity (Wildman–Crippen MR) is 78.9 cm³/mol. The molecule has 0 aromatic heterocycles. The van der Waals surface area contributed by atoms with Gasteiger partial charge in [-0.15, -0.1) is 0 Å². The standard InChI is InChI=1S/C13H25N3O4S/c1-3-20-13(17)12-5-4-7-15(10-12)21(18,19)16-8-6-14-9-11(16)2/h11-12,14H,3-10H2,1-2H3. The molecule has 0 amide bonds. The third-order valence-corrected chi connectivity index (χ3v) is 6.19. The second-order valence-corrected chi connectivity index (χ2v) is 7.50. The van der Waals surface area contributed by atoms with Crippen molar-refractivity contribution in [1.29, 1.82) is 0 Å². The molecule has 0 aromatic rings. The van der Waals surface area contributed by atoms with Crippen molar-refractivity contribution in [2.45, 2.75) is 32.7 Å². The van der Waals surface area contributed by atoms with Gasteiger partial charge in [-0.2, -0.15) is 17.0 Å². The minimum Gasteiger partial charge on any atom is -0.466 e. The topological polar surface area (TPSA) is 79.0 Å². The molecule has 2 unspecified atom stereocenters. The number of esters is 1. The normalized spacial score (nSPS) is 29.2. The fraction of sp³-hybridized carbons (Fsp3) is 0.923. The van der Waals surface area contributed by atoms with Gasteiger partial charge in [0.2, 0.25) is 0 Å². The quantitative estimate of drug-likeness (QED) is 0.726. The maximum absolute atomic E-state index is 12.7. The highest BCUT2D eigenvalue weighted by molar-refractivity contribution is 7.86. The first kappa shape index (κ1) is 16.7. The minimum absolute atomic E-state index is 0.0632. The Bertz CT molecular complexity index is 468. The molecule has 122 valence electrons. The van der Waals surface area contributed by atoms with Crippen LogP contribution in [0.4, 0.5) is 0 Å². The molecule has 8 heteroatoms. The third-order valence-electron chi connectivity index (χ3n) is 4.07. The monoisotopic (exact) mass is 319 g/mol. The Morgan fingerprint density at radius 3 is 2.81 bits per heavy atom. The van der Waals surface area contributed by atoms with Gasteiger partial charge in [0.1, 0.15) is 0 Å². The molecule has 2 aliphatic rings. The van der Waals surface area contributed by atoms with Crippen LogP contribution in [-0.2, 0) is 19.7 Å². The average molecular weight is 319 g/mol. The number of hydrogen-bond donors (Lipinski definition) is 1. The highest BCUT2D eigenvalue weighted by Crippen LogP contribution is 2.23. The smallest absolute Gasteiger partial charge is 0.310 e. The maximum atomic E-state index is 12.7. The summed E-state index contributed by atoms with van der Waals surface area (Å²) in [7, 11) is -3.50. The lowest BCUT2D eigenvalue weighted by Gasteiger charge is -2.39. The zero-order valence-corrected chi connectivity index (χ0v) is 13.6. The number of piperazine rings is 1. The Labute approximate surface area is 126 Å². The lowest BCUT2D eigenvalue weighted by Crippen LogP contribution is -2.57. The Kier molecular flexibility index (Phi) is 5.59. The molecule has 0 aliphatic carbocycles. The van der Waals surface area contributed by atoms with E-state index >= 15 is 0 Å². The molecule has 21 heavy (non-hydrogen) atoms. The Morgan fingerprint density at radius 1 is 1.38 bits per heavy atom. The Balaban J connectivity index is 2.07. The minimum atomic E-state index is -3.50. The Hall–Kier alpha value is -0.700. The van der Waals surface area contributed by atoms with Crippen LogP contribution in [0, 0.1) is 5.92 Å². The van der Waals surface area contributed by atoms with Crippen LogP contribution in [0.15, 0.2) is 0 Å². The second-order valence-electron chi connectivity index (χ2n) is 5.62. The number of nitrogens with zero attached hydrogens (tertiary/aromatic N) is 2. The molecule has 2 rings (SSSR count). The summed E-state index contributed by atoms with van der Waals surface area (Å²) in [5.41, 5.74) is 0. The van der Waals surface area contributed by atoms with Crippen LogP contribution in [-0.4, -0.2) is 68.4 Å². The third kappa shape index (κ3) is 3.74. The van der Waals surface area contributed by atoms with E-state index in [1.54, 1.807) is 6.92 Å². The number of carbonyl (C=O) groups is 1. The van der Waals surface area contributed by atoms with Gasteiger partial charge in [0.25, 0.3) is 10.2 Å². The second kappa shape index (κ2) is 7.04. The van der Waals surface area contributed by atoms with Gasteiger partial charge in [-0.1, -0.05) is 0 Å². The fourth-order valence-corrected chi connectivity index (χ4v) is 4.79. The van der Waals surface area contributed by atoms with Crippen molar-refractivity contribution in [2.24, 2.45) is 5.92 Å². The van der Waals surface area contributed by atoms with Crippen molar-refractivity contribution in [3.8, 4) is 0 Å². The molecular formula is C13H25N3O4S. The summed E-state index contributed by atoms with van der Waals surface area (Å²) >= 11 is 0. The number of ether oxygens (including phenoxy) is 1. The zero-order chi connectivity index (χ0) is 15.5. The lowest BCUT2D eigenvalue weighted by molar-refractivity contribution is -0.149. The van der Waals surface area contributed by atoms with Crippen LogP contribution in [0.3, 0.4) is 0 Å². The van der Waals surface area contributed by atoms with Crippen LogP contribution in [0.1, 0.15) is 26.7 Å². The van der Waals surface area contributed by atoms with Gasteiger partial charge in [-0.3, -0.25) is 4.79 Å². The van der Waals surface area contributed by atoms with E-state index in [1.807, 2.05) is 6.92 Å². The summed E-state index contributed by atoms with van der Waals surface area (Å²) in [5.74, 6) is -0.627. The molecule has 2 fully saturated rings. The van der Waals surface area contributed by atoms with Gasteiger partial charge in [0.15, 0.2) is 0 Å². The van der Waals surface area contributed by atoms with E-state index in [9.17, 15) is 13.2 Å². The maximum Gasteiger partial charge on any atom is 0.310 e. The fourth-order valence-electron chi connectivity index (χ4n) is 2.92. The van der Waals surface area contributed by atoms with Crippen molar-refractivity contribution in [3.63, 3.8) is 0 Å². The Morgan fingerprint density at radius 2 is 2.14 bits per heavy atom. The van der Waals surface area contributed by atoms with E-state index in [0.29, 0.717) is 45.6 Å². The lowest BCUT2D eigenvalue weighted by atomic mass is 10.0. The van der Waals surface area contributed by atoms with Crippen molar-refractivity contribution >= 4 is 16.2 Å². The first-order valence-corrected chi connectivity index (χ1v) is 9.00. The van der Waals surface area contributed by atoms with Crippen LogP contribution < -0.4 is 5.32 Å². The van der Waals surface area contributed by atoms with Crippen molar-refractivity contribution in [3.05, 3.63) is 0 Å². The van der Waals surface area contributed by atoms with Gasteiger partial charge in [0.05, 0.1) is 12.5 Å². The summed E-state index contributed by atoms with van der Waals surface area (Å²) in [6.45, 7) is 6.51. The van der Waals surface area contributed by atoms with Crippen molar-refractivity contribution in [2.75, 3.05) is 39.3 Å². The largest absolute Gasteiger partial charge is 0.466 e. The summed E-state index contributed by atoms with van der Waals surface area (Å²) < 4.78 is 33.5. The average Bonchev–Trinajstić information content (AvgIpc) is 2.48. The predicted octanol–water partition coefficient (Wildman–Crippen LogP) is -0.200. The van der Waals surface area contributed by atoms with Gasteiger partial charge < -0.3 is 10.1 Å². The molecule has 2 aliphatic heterocycles. The number of rotatable bonds is 4. The molecule has 0 radical (unpaired) electrons. The van der Waals surface area contributed by atoms with E-state index in [1.165, 1.54) is 8.61 Å². The summed E-state index contributed by atoms with van der Waals surface area (Å²) in [6.07, 6.45) is 1.39. The molecule has 2 saturated heterocycles. The number of hydrogen-bond acceptors (Lipinski definition) is 5. The van der Waals surface area contributed by atoms with Crippen LogP contribution in [0.5, 0.6) is 0 Å². The SMILES string of the molecule is CCOC(=O)C1CCCN(S(=O)(=O)N2CCNCC2C)C1. The highest BCUT2D eigenvalue weighted by Gasteiger charge is 2.38.